The van der Waals surface area contributed by atoms with Gasteiger partial charge in [-0.05, 0) is 30.7 Å². The van der Waals surface area contributed by atoms with E-state index in [4.69, 9.17) is 9.84 Å². The Kier molecular flexibility index (Phi) is 4.11. The van der Waals surface area contributed by atoms with Crippen molar-refractivity contribution >= 4 is 15.8 Å². The van der Waals surface area contributed by atoms with Crippen LogP contribution >= 0.6 is 0 Å². The monoisotopic (exact) mass is 258 g/mol. The Bertz CT molecular complexity index is 519. The molecule has 1 aromatic rings. The molecule has 5 nitrogen and oxygen atoms in total. The van der Waals surface area contributed by atoms with Gasteiger partial charge in [-0.25, -0.2) is 8.42 Å². The Balaban J connectivity index is 3.03. The van der Waals surface area contributed by atoms with Gasteiger partial charge in [-0.15, -0.1) is 0 Å². The topological polar surface area (TPSA) is 80.7 Å². The molecular weight excluding hydrogens is 244 g/mol. The molecule has 0 aliphatic rings. The number of hydrogen-bond acceptors (Lipinski definition) is 4. The summed E-state index contributed by atoms with van der Waals surface area (Å²) in [6, 6.07) is 4.58. The largest absolute Gasteiger partial charge is 0.497 e. The van der Waals surface area contributed by atoms with Crippen molar-refractivity contribution in [1.82, 2.24) is 0 Å². The summed E-state index contributed by atoms with van der Waals surface area (Å²) in [7, 11) is -2.05. The van der Waals surface area contributed by atoms with E-state index >= 15 is 0 Å². The molecule has 94 valence electrons. The fourth-order valence-corrected chi connectivity index (χ4v) is 2.92. The third-order valence-electron chi connectivity index (χ3n) is 2.30. The molecule has 0 heterocycles. The van der Waals surface area contributed by atoms with Crippen molar-refractivity contribution in [1.29, 1.82) is 0 Å². The lowest BCUT2D eigenvalue weighted by molar-refractivity contribution is -0.136. The van der Waals surface area contributed by atoms with Crippen LogP contribution in [0.15, 0.2) is 23.1 Å². The van der Waals surface area contributed by atoms with Crippen molar-refractivity contribution in [2.45, 2.75) is 18.2 Å². The molecular formula is C11H14O5S. The van der Waals surface area contributed by atoms with Crippen LogP contribution in [0.3, 0.4) is 0 Å². The van der Waals surface area contributed by atoms with Crippen LogP contribution in [0.4, 0.5) is 0 Å². The van der Waals surface area contributed by atoms with E-state index in [1.165, 1.54) is 13.2 Å². The molecule has 0 atom stereocenters. The molecule has 0 saturated heterocycles. The van der Waals surface area contributed by atoms with Crippen molar-refractivity contribution < 1.29 is 23.1 Å². The number of aryl methyl sites for hydroxylation is 1. The minimum atomic E-state index is -3.55. The Morgan fingerprint density at radius 2 is 2.06 bits per heavy atom. The zero-order chi connectivity index (χ0) is 13.1. The van der Waals surface area contributed by atoms with E-state index in [1.54, 1.807) is 19.1 Å². The number of methoxy groups -OCH3 is 1. The first-order chi connectivity index (χ1) is 7.86. The molecule has 1 rings (SSSR count). The van der Waals surface area contributed by atoms with E-state index in [9.17, 15) is 13.2 Å². The van der Waals surface area contributed by atoms with Crippen LogP contribution < -0.4 is 4.74 Å². The van der Waals surface area contributed by atoms with Gasteiger partial charge in [-0.1, -0.05) is 0 Å². The van der Waals surface area contributed by atoms with Crippen LogP contribution in [0, 0.1) is 6.92 Å². The highest BCUT2D eigenvalue weighted by atomic mass is 32.2. The smallest absolute Gasteiger partial charge is 0.304 e. The molecule has 0 radical (unpaired) electrons. The maximum atomic E-state index is 11.9. The van der Waals surface area contributed by atoms with E-state index in [0.29, 0.717) is 11.3 Å². The van der Waals surface area contributed by atoms with Crippen LogP contribution in [0.2, 0.25) is 0 Å². The van der Waals surface area contributed by atoms with E-state index < -0.39 is 28.0 Å². The molecule has 0 aliphatic heterocycles. The molecule has 0 aromatic heterocycles. The number of carboxylic acid groups (broad SMARTS) is 1. The second-order valence-electron chi connectivity index (χ2n) is 3.59. The maximum Gasteiger partial charge on any atom is 0.304 e. The van der Waals surface area contributed by atoms with Crippen molar-refractivity contribution in [3.05, 3.63) is 23.8 Å². The van der Waals surface area contributed by atoms with E-state index in [2.05, 4.69) is 0 Å². The molecule has 0 saturated carbocycles. The van der Waals surface area contributed by atoms with Crippen LogP contribution in [0.1, 0.15) is 12.0 Å². The van der Waals surface area contributed by atoms with Gasteiger partial charge in [0.1, 0.15) is 5.75 Å². The average molecular weight is 258 g/mol. The Hall–Kier alpha value is -1.56. The molecule has 0 spiro atoms. The third kappa shape index (κ3) is 3.45. The molecule has 1 N–H and O–H groups in total. The molecule has 17 heavy (non-hydrogen) atoms. The minimum Gasteiger partial charge on any atom is -0.497 e. The number of benzene rings is 1. The van der Waals surface area contributed by atoms with Gasteiger partial charge in [0, 0.05) is 0 Å². The summed E-state index contributed by atoms with van der Waals surface area (Å²) in [6.45, 7) is 1.65. The van der Waals surface area contributed by atoms with Gasteiger partial charge in [0.05, 0.1) is 24.2 Å². The highest BCUT2D eigenvalue weighted by Gasteiger charge is 2.18. The summed E-state index contributed by atoms with van der Waals surface area (Å²) in [5.41, 5.74) is 0.551. The summed E-state index contributed by atoms with van der Waals surface area (Å²) in [5, 5.41) is 8.49. The first-order valence-electron chi connectivity index (χ1n) is 4.96. The predicted molar refractivity (Wildman–Crippen MR) is 62.0 cm³/mol. The first-order valence-corrected chi connectivity index (χ1v) is 6.61. The van der Waals surface area contributed by atoms with Crippen LogP contribution in [0.5, 0.6) is 5.75 Å². The van der Waals surface area contributed by atoms with Gasteiger partial charge in [0.15, 0.2) is 9.84 Å². The quantitative estimate of drug-likeness (QED) is 0.859. The fourth-order valence-electron chi connectivity index (χ4n) is 1.43. The minimum absolute atomic E-state index is 0.152. The number of carboxylic acids is 1. The van der Waals surface area contributed by atoms with Gasteiger partial charge in [-0.2, -0.15) is 0 Å². The molecule has 6 heteroatoms. The summed E-state index contributed by atoms with van der Waals surface area (Å²) >= 11 is 0. The number of hydrogen-bond donors (Lipinski definition) is 1. The maximum absolute atomic E-state index is 11.9. The van der Waals surface area contributed by atoms with Crippen LogP contribution in [-0.2, 0) is 14.6 Å². The number of rotatable bonds is 5. The zero-order valence-corrected chi connectivity index (χ0v) is 10.5. The lowest BCUT2D eigenvalue weighted by Gasteiger charge is -2.08. The number of carbonyl (C=O) groups is 1. The van der Waals surface area contributed by atoms with Gasteiger partial charge >= 0.3 is 5.97 Å². The Labute approximate surface area is 100.0 Å². The van der Waals surface area contributed by atoms with Crippen LogP contribution in [0.25, 0.3) is 0 Å². The van der Waals surface area contributed by atoms with E-state index in [0.717, 1.165) is 0 Å². The highest BCUT2D eigenvalue weighted by Crippen LogP contribution is 2.22. The van der Waals surface area contributed by atoms with E-state index in [-0.39, 0.29) is 4.90 Å². The second-order valence-corrected chi connectivity index (χ2v) is 5.67. The fraction of sp³-hybridized carbons (Fsp3) is 0.364. The summed E-state index contributed by atoms with van der Waals surface area (Å²) < 4.78 is 28.7. The third-order valence-corrected chi connectivity index (χ3v) is 4.17. The zero-order valence-electron chi connectivity index (χ0n) is 9.63. The molecule has 0 bridgehead atoms. The standard InChI is InChI=1S/C11H14O5S/c1-8-7-9(16-2)3-4-10(8)17(14,15)6-5-11(12)13/h3-4,7H,5-6H2,1-2H3,(H,12,13). The van der Waals surface area contributed by atoms with Crippen LogP contribution in [-0.4, -0.2) is 32.4 Å². The van der Waals surface area contributed by atoms with Crippen molar-refractivity contribution in [3.8, 4) is 5.75 Å². The Morgan fingerprint density at radius 1 is 1.41 bits per heavy atom. The van der Waals surface area contributed by atoms with Crippen molar-refractivity contribution in [3.63, 3.8) is 0 Å². The number of ether oxygens (including phenoxy) is 1. The lowest BCUT2D eigenvalue weighted by Crippen LogP contribution is -2.12. The molecule has 0 unspecified atom stereocenters. The highest BCUT2D eigenvalue weighted by molar-refractivity contribution is 7.91. The predicted octanol–water partition coefficient (Wildman–Crippen LogP) is 1.25. The first kappa shape index (κ1) is 13.5. The van der Waals surface area contributed by atoms with Crippen molar-refractivity contribution in [2.75, 3.05) is 12.9 Å². The summed E-state index contributed by atoms with van der Waals surface area (Å²) in [6.07, 6.45) is -0.395. The molecule has 0 amide bonds. The van der Waals surface area contributed by atoms with Gasteiger partial charge in [0.25, 0.3) is 0 Å². The normalized spacial score (nSPS) is 11.2. The molecule has 0 aliphatic carbocycles. The van der Waals surface area contributed by atoms with Gasteiger partial charge in [0.2, 0.25) is 0 Å². The summed E-state index contributed by atoms with van der Waals surface area (Å²) in [4.78, 5) is 10.5. The number of sulfone groups is 1. The Morgan fingerprint density at radius 3 is 2.53 bits per heavy atom. The number of aliphatic carboxylic acids is 1. The summed E-state index contributed by atoms with van der Waals surface area (Å²) in [5.74, 6) is -0.949. The molecule has 1 aromatic carbocycles. The van der Waals surface area contributed by atoms with E-state index in [1.807, 2.05) is 0 Å². The SMILES string of the molecule is COc1ccc(S(=O)(=O)CCC(=O)O)c(C)c1. The lowest BCUT2D eigenvalue weighted by atomic mass is 10.2. The second kappa shape index (κ2) is 5.18. The molecule has 0 fully saturated rings. The van der Waals surface area contributed by atoms with Crippen molar-refractivity contribution in [2.24, 2.45) is 0 Å². The van der Waals surface area contributed by atoms with Gasteiger partial charge in [-0.3, -0.25) is 4.79 Å². The average Bonchev–Trinajstić information content (AvgIpc) is 2.26. The van der Waals surface area contributed by atoms with Gasteiger partial charge < -0.3 is 9.84 Å².